The van der Waals surface area contributed by atoms with Gasteiger partial charge in [0.15, 0.2) is 9.84 Å². The van der Waals surface area contributed by atoms with Crippen LogP contribution < -0.4 is 9.64 Å². The van der Waals surface area contributed by atoms with E-state index < -0.39 is 15.4 Å². The van der Waals surface area contributed by atoms with Gasteiger partial charge in [-0.2, -0.15) is 10.4 Å². The molecule has 3 aromatic heterocycles. The fourth-order valence-corrected chi connectivity index (χ4v) is 6.65. The van der Waals surface area contributed by atoms with Crippen LogP contribution in [0.15, 0.2) is 36.8 Å². The first-order valence-electron chi connectivity index (χ1n) is 12.2. The van der Waals surface area contributed by atoms with Gasteiger partial charge in [-0.05, 0) is 50.8 Å². The summed E-state index contributed by atoms with van der Waals surface area (Å²) >= 11 is 0. The monoisotopic (exact) mass is 511 g/mol. The highest BCUT2D eigenvalue weighted by molar-refractivity contribution is 7.92. The lowest BCUT2D eigenvalue weighted by atomic mass is 10.0. The van der Waals surface area contributed by atoms with Gasteiger partial charge in [-0.3, -0.25) is 0 Å². The lowest BCUT2D eigenvalue weighted by Crippen LogP contribution is -2.40. The van der Waals surface area contributed by atoms with E-state index in [1.807, 2.05) is 32.0 Å². The first-order valence-corrected chi connectivity index (χ1v) is 13.9. The average Bonchev–Trinajstić information content (AvgIpc) is 3.24. The van der Waals surface area contributed by atoms with Crippen LogP contribution in [0.4, 0.5) is 5.82 Å². The number of nitriles is 1. The predicted molar refractivity (Wildman–Crippen MR) is 139 cm³/mol. The van der Waals surface area contributed by atoms with Crippen LogP contribution in [0, 0.1) is 17.2 Å². The van der Waals surface area contributed by atoms with E-state index in [1.165, 1.54) is 6.20 Å². The molecule has 0 aliphatic carbocycles. The summed E-state index contributed by atoms with van der Waals surface area (Å²) in [5, 5.41) is 23.6. The quantitative estimate of drug-likeness (QED) is 0.488. The summed E-state index contributed by atoms with van der Waals surface area (Å²) in [7, 11) is -3.08. The van der Waals surface area contributed by atoms with Gasteiger partial charge in [0.1, 0.15) is 24.2 Å². The molecule has 1 aliphatic heterocycles. The summed E-state index contributed by atoms with van der Waals surface area (Å²) in [5.74, 6) is 1.67. The van der Waals surface area contributed by atoms with Gasteiger partial charge in [0.05, 0.1) is 40.1 Å². The number of piperidine rings is 1. The Morgan fingerprint density at radius 1 is 1.25 bits per heavy atom. The molecule has 1 fully saturated rings. The summed E-state index contributed by atoms with van der Waals surface area (Å²) < 4.78 is 32.6. The molecular formula is C26H33N5O4S. The Morgan fingerprint density at radius 3 is 2.56 bits per heavy atom. The lowest BCUT2D eigenvalue weighted by Gasteiger charge is -2.32. The first-order chi connectivity index (χ1) is 17.0. The Kier molecular flexibility index (Phi) is 7.25. The van der Waals surface area contributed by atoms with Crippen LogP contribution in [-0.2, 0) is 9.84 Å². The Morgan fingerprint density at radius 2 is 1.97 bits per heavy atom. The number of aromatic nitrogens is 3. The summed E-state index contributed by atoms with van der Waals surface area (Å²) in [4.78, 5) is 6.77. The molecular weight excluding hydrogens is 478 g/mol. The van der Waals surface area contributed by atoms with E-state index in [4.69, 9.17) is 4.74 Å². The van der Waals surface area contributed by atoms with Gasteiger partial charge in [0.2, 0.25) is 0 Å². The van der Waals surface area contributed by atoms with Crippen molar-refractivity contribution in [2.75, 3.05) is 30.3 Å². The molecule has 1 aliphatic rings. The van der Waals surface area contributed by atoms with Gasteiger partial charge in [-0.1, -0.05) is 13.8 Å². The van der Waals surface area contributed by atoms with Crippen molar-refractivity contribution in [3.8, 4) is 22.9 Å². The summed E-state index contributed by atoms with van der Waals surface area (Å²) in [6, 6.07) is 7.87. The molecule has 0 spiro atoms. The lowest BCUT2D eigenvalue weighted by molar-refractivity contribution is 0.0283. The molecule has 0 saturated carbocycles. The zero-order chi connectivity index (χ0) is 26.1. The van der Waals surface area contributed by atoms with Crippen LogP contribution in [0.5, 0.6) is 5.75 Å². The largest absolute Gasteiger partial charge is 0.489 e. The molecule has 0 bridgehead atoms. The van der Waals surface area contributed by atoms with Gasteiger partial charge in [-0.25, -0.2) is 17.9 Å². The van der Waals surface area contributed by atoms with Crippen molar-refractivity contribution in [1.82, 2.24) is 14.6 Å². The normalized spacial score (nSPS) is 15.4. The third-order valence-corrected chi connectivity index (χ3v) is 8.82. The Labute approximate surface area is 212 Å². The van der Waals surface area contributed by atoms with Crippen LogP contribution in [0.25, 0.3) is 16.6 Å². The minimum atomic E-state index is -3.08. The maximum atomic E-state index is 12.6. The van der Waals surface area contributed by atoms with Crippen LogP contribution in [0.3, 0.4) is 0 Å². The van der Waals surface area contributed by atoms with Crippen molar-refractivity contribution < 1.29 is 18.3 Å². The molecule has 0 aromatic carbocycles. The van der Waals surface area contributed by atoms with E-state index in [1.54, 1.807) is 30.8 Å². The second-order valence-electron chi connectivity index (χ2n) is 10.5. The zero-order valence-electron chi connectivity index (χ0n) is 21.2. The molecule has 36 heavy (non-hydrogen) atoms. The van der Waals surface area contributed by atoms with Gasteiger partial charge in [-0.15, -0.1) is 0 Å². The van der Waals surface area contributed by atoms with E-state index in [0.717, 1.165) is 16.9 Å². The third-order valence-electron chi connectivity index (χ3n) is 6.20. The van der Waals surface area contributed by atoms with E-state index in [0.29, 0.717) is 42.8 Å². The van der Waals surface area contributed by atoms with Crippen molar-refractivity contribution in [3.63, 3.8) is 0 Å². The Balaban J connectivity index is 1.56. The highest BCUT2D eigenvalue weighted by atomic mass is 32.2. The number of ether oxygens (including phenoxy) is 1. The van der Waals surface area contributed by atoms with Crippen molar-refractivity contribution in [2.45, 2.75) is 51.4 Å². The standard InChI is InChI=1S/C26H33N5O4S/c1-18(2)16-36(33,34)22-7-9-30(10-8-22)24-6-5-19(13-28-24)23-11-21(35-17-26(3,4)32)15-31-25(23)20(12-27)14-29-31/h5-6,11,13-15,18,22,32H,7-10,16-17H2,1-4H3. The Bertz CT molecular complexity index is 1360. The van der Waals surface area contributed by atoms with E-state index in [-0.39, 0.29) is 23.5 Å². The van der Waals surface area contributed by atoms with Gasteiger partial charge >= 0.3 is 0 Å². The molecule has 0 amide bonds. The number of anilines is 1. The van der Waals surface area contributed by atoms with Crippen LogP contribution in [0.2, 0.25) is 0 Å². The van der Waals surface area contributed by atoms with Gasteiger partial charge < -0.3 is 14.7 Å². The number of sulfone groups is 1. The van der Waals surface area contributed by atoms with Crippen molar-refractivity contribution >= 4 is 21.2 Å². The highest BCUT2D eigenvalue weighted by Crippen LogP contribution is 2.32. The van der Waals surface area contributed by atoms with E-state index in [9.17, 15) is 18.8 Å². The van der Waals surface area contributed by atoms with E-state index in [2.05, 4.69) is 21.1 Å². The van der Waals surface area contributed by atoms with Crippen LogP contribution in [0.1, 0.15) is 46.1 Å². The number of rotatable bonds is 8. The number of hydrogen-bond donors (Lipinski definition) is 1. The van der Waals surface area contributed by atoms with Crippen molar-refractivity contribution in [1.29, 1.82) is 5.26 Å². The molecule has 0 radical (unpaired) electrons. The summed E-state index contributed by atoms with van der Waals surface area (Å²) in [6.45, 7) is 8.58. The van der Waals surface area contributed by atoms with Gasteiger partial charge in [0, 0.05) is 30.4 Å². The number of fused-ring (bicyclic) bond motifs is 1. The number of hydrogen-bond acceptors (Lipinski definition) is 8. The molecule has 192 valence electrons. The fourth-order valence-electron chi connectivity index (χ4n) is 4.51. The van der Waals surface area contributed by atoms with Gasteiger partial charge in [0.25, 0.3) is 0 Å². The molecule has 10 heteroatoms. The third kappa shape index (κ3) is 5.79. The van der Waals surface area contributed by atoms with Crippen LogP contribution >= 0.6 is 0 Å². The summed E-state index contributed by atoms with van der Waals surface area (Å²) in [6.07, 6.45) is 6.14. The topological polar surface area (TPSA) is 121 Å². The minimum Gasteiger partial charge on any atom is -0.489 e. The molecule has 3 aromatic rings. The smallest absolute Gasteiger partial charge is 0.153 e. The molecule has 0 unspecified atom stereocenters. The molecule has 1 saturated heterocycles. The predicted octanol–water partition coefficient (Wildman–Crippen LogP) is 3.46. The maximum absolute atomic E-state index is 12.6. The first kappa shape index (κ1) is 25.9. The molecule has 0 atom stereocenters. The van der Waals surface area contributed by atoms with Crippen LogP contribution in [-0.4, -0.2) is 64.4 Å². The summed E-state index contributed by atoms with van der Waals surface area (Å²) in [5.41, 5.74) is 1.63. The number of pyridine rings is 2. The minimum absolute atomic E-state index is 0.102. The number of nitrogens with zero attached hydrogens (tertiary/aromatic N) is 5. The second kappa shape index (κ2) is 10.1. The molecule has 1 N–H and O–H groups in total. The molecule has 4 rings (SSSR count). The molecule has 4 heterocycles. The highest BCUT2D eigenvalue weighted by Gasteiger charge is 2.30. The molecule has 9 nitrogen and oxygen atoms in total. The average molecular weight is 512 g/mol. The second-order valence-corrected chi connectivity index (χ2v) is 12.8. The fraction of sp³-hybridized carbons (Fsp3) is 0.500. The van der Waals surface area contributed by atoms with E-state index >= 15 is 0 Å². The van der Waals surface area contributed by atoms with Crippen molar-refractivity contribution in [3.05, 3.63) is 42.4 Å². The van der Waals surface area contributed by atoms with Crippen molar-refractivity contribution in [2.24, 2.45) is 5.92 Å². The number of aliphatic hydroxyl groups is 1. The SMILES string of the molecule is CC(C)CS(=O)(=O)C1CCN(c2ccc(-c3cc(OCC(C)(C)O)cn4ncc(C#N)c34)cn2)CC1. The Hall–Kier alpha value is -3.16. The maximum Gasteiger partial charge on any atom is 0.153 e. The zero-order valence-corrected chi connectivity index (χ0v) is 22.0.